The Balaban J connectivity index is 1.08. The van der Waals surface area contributed by atoms with E-state index in [0.29, 0.717) is 0 Å². The van der Waals surface area contributed by atoms with E-state index in [1.54, 1.807) is 0 Å². The first kappa shape index (κ1) is 36.8. The SMILES string of the molecule is c1ccc(-c2ccc(-c3ccccc3-n3c4ccccc4c4c(N(c5ccccc5)c5ccc(-c6cccc7c6sc6ccccc67)cc5-c5ccccc5)cccc43)cc2)cc1. The maximum Gasteiger partial charge on any atom is 0.0562 e. The van der Waals surface area contributed by atoms with E-state index in [1.807, 2.05) is 11.3 Å². The maximum atomic E-state index is 2.47. The van der Waals surface area contributed by atoms with Crippen molar-refractivity contribution in [1.29, 1.82) is 0 Å². The van der Waals surface area contributed by atoms with Crippen LogP contribution in [0.1, 0.15) is 0 Å². The van der Waals surface area contributed by atoms with Gasteiger partial charge in [-0.15, -0.1) is 11.3 Å². The van der Waals surface area contributed by atoms with Crippen LogP contribution >= 0.6 is 11.3 Å². The van der Waals surface area contributed by atoms with Gasteiger partial charge < -0.3 is 9.47 Å². The van der Waals surface area contributed by atoms with Crippen LogP contribution in [0.3, 0.4) is 0 Å². The topological polar surface area (TPSA) is 8.17 Å². The Hall–Kier alpha value is -7.98. The molecule has 0 radical (unpaired) electrons. The van der Waals surface area contributed by atoms with Gasteiger partial charge in [-0.1, -0.05) is 188 Å². The summed E-state index contributed by atoms with van der Waals surface area (Å²) in [4.78, 5) is 2.47. The summed E-state index contributed by atoms with van der Waals surface area (Å²) in [5.41, 5.74) is 16.4. The number of para-hydroxylation sites is 3. The Labute approximate surface area is 370 Å². The highest BCUT2D eigenvalue weighted by Crippen LogP contribution is 2.49. The van der Waals surface area contributed by atoms with Crippen molar-refractivity contribution >= 4 is 70.4 Å². The highest BCUT2D eigenvalue weighted by atomic mass is 32.1. The van der Waals surface area contributed by atoms with E-state index in [1.165, 1.54) is 75.5 Å². The fourth-order valence-electron chi connectivity index (χ4n) is 9.54. The van der Waals surface area contributed by atoms with Gasteiger partial charge in [0.25, 0.3) is 0 Å². The van der Waals surface area contributed by atoms with E-state index >= 15 is 0 Å². The fraction of sp³-hybridized carbons (Fsp3) is 0. The van der Waals surface area contributed by atoms with Gasteiger partial charge in [-0.25, -0.2) is 0 Å². The summed E-state index contributed by atoms with van der Waals surface area (Å²) in [6.07, 6.45) is 0. The molecule has 2 nitrogen and oxygen atoms in total. The summed E-state index contributed by atoms with van der Waals surface area (Å²) in [5, 5.41) is 5.01. The maximum absolute atomic E-state index is 2.47. The van der Waals surface area contributed by atoms with Crippen molar-refractivity contribution in [2.45, 2.75) is 0 Å². The molecule has 12 aromatic rings. The molecule has 0 aliphatic rings. The van der Waals surface area contributed by atoms with Gasteiger partial charge in [-0.05, 0) is 88.0 Å². The third-order valence-electron chi connectivity index (χ3n) is 12.4. The molecule has 0 bridgehead atoms. The quantitative estimate of drug-likeness (QED) is 0.148. The molecule has 0 amide bonds. The monoisotopic (exact) mass is 820 g/mol. The molecule has 2 heterocycles. The number of benzene rings is 10. The van der Waals surface area contributed by atoms with E-state index in [2.05, 4.69) is 252 Å². The minimum atomic E-state index is 1.09. The van der Waals surface area contributed by atoms with Gasteiger partial charge in [-0.2, -0.15) is 0 Å². The lowest BCUT2D eigenvalue weighted by molar-refractivity contribution is 1.18. The Morgan fingerprint density at radius 2 is 0.889 bits per heavy atom. The lowest BCUT2D eigenvalue weighted by atomic mass is 9.95. The second-order valence-corrected chi connectivity index (χ2v) is 17.1. The predicted molar refractivity (Wildman–Crippen MR) is 270 cm³/mol. The minimum absolute atomic E-state index is 1.09. The van der Waals surface area contributed by atoms with Gasteiger partial charge in [0.1, 0.15) is 0 Å². The standard InChI is InChI=1S/C60H40N2S/c1-4-18-41(19-5-1)42-34-36-44(37-35-42)47-24-10-13-29-53(47)62-54-30-14-11-26-51(54)59-56(31-17-32-57(59)62)61(46-22-8-3-9-23-46)55-39-38-45(40-52(55)43-20-6-2-7-21-43)48-27-16-28-50-49-25-12-15-33-58(49)63-60(48)50/h1-40H. The van der Waals surface area contributed by atoms with Gasteiger partial charge in [0.05, 0.1) is 28.1 Å². The number of hydrogen-bond acceptors (Lipinski definition) is 2. The average molecular weight is 821 g/mol. The second kappa shape index (κ2) is 15.5. The normalized spacial score (nSPS) is 11.5. The Kier molecular flexibility index (Phi) is 9.06. The van der Waals surface area contributed by atoms with Crippen LogP contribution in [-0.2, 0) is 0 Å². The van der Waals surface area contributed by atoms with Gasteiger partial charge in [0.2, 0.25) is 0 Å². The van der Waals surface area contributed by atoms with Crippen molar-refractivity contribution in [2.75, 3.05) is 4.90 Å². The van der Waals surface area contributed by atoms with Crippen LogP contribution in [0.2, 0.25) is 0 Å². The Morgan fingerprint density at radius 1 is 0.333 bits per heavy atom. The summed E-state index contributed by atoms with van der Waals surface area (Å²) in [6.45, 7) is 0. The van der Waals surface area contributed by atoms with E-state index in [0.717, 1.165) is 33.8 Å². The fourth-order valence-corrected chi connectivity index (χ4v) is 10.8. The van der Waals surface area contributed by atoms with E-state index in [4.69, 9.17) is 0 Å². The van der Waals surface area contributed by atoms with E-state index in [-0.39, 0.29) is 0 Å². The van der Waals surface area contributed by atoms with Gasteiger partial charge in [0, 0.05) is 47.8 Å². The smallest absolute Gasteiger partial charge is 0.0562 e. The number of hydrogen-bond donors (Lipinski definition) is 0. The lowest BCUT2D eigenvalue weighted by Gasteiger charge is -2.29. The van der Waals surface area contributed by atoms with E-state index in [9.17, 15) is 0 Å². The van der Waals surface area contributed by atoms with Crippen LogP contribution in [0, 0.1) is 0 Å². The molecule has 0 aliphatic carbocycles. The first-order valence-corrected chi connectivity index (χ1v) is 22.3. The van der Waals surface area contributed by atoms with Crippen LogP contribution in [0.5, 0.6) is 0 Å². The molecule has 0 fully saturated rings. The third-order valence-corrected chi connectivity index (χ3v) is 13.6. The lowest BCUT2D eigenvalue weighted by Crippen LogP contribution is -2.12. The molecule has 0 N–H and O–H groups in total. The van der Waals surface area contributed by atoms with Crippen LogP contribution in [0.4, 0.5) is 17.1 Å². The largest absolute Gasteiger partial charge is 0.309 e. The second-order valence-electron chi connectivity index (χ2n) is 16.0. The van der Waals surface area contributed by atoms with Crippen molar-refractivity contribution in [1.82, 2.24) is 4.57 Å². The van der Waals surface area contributed by atoms with Crippen molar-refractivity contribution in [2.24, 2.45) is 0 Å². The zero-order chi connectivity index (χ0) is 41.7. The molecule has 0 aliphatic heterocycles. The number of aromatic nitrogens is 1. The molecule has 10 aromatic carbocycles. The molecule has 2 aromatic heterocycles. The van der Waals surface area contributed by atoms with Crippen molar-refractivity contribution < 1.29 is 0 Å². The molecule has 0 saturated carbocycles. The Morgan fingerprint density at radius 3 is 1.70 bits per heavy atom. The minimum Gasteiger partial charge on any atom is -0.309 e. The van der Waals surface area contributed by atoms with Crippen LogP contribution in [0.15, 0.2) is 243 Å². The molecular weight excluding hydrogens is 781 g/mol. The van der Waals surface area contributed by atoms with Gasteiger partial charge in [0.15, 0.2) is 0 Å². The molecule has 296 valence electrons. The van der Waals surface area contributed by atoms with Crippen molar-refractivity contribution in [3.05, 3.63) is 243 Å². The number of rotatable bonds is 8. The van der Waals surface area contributed by atoms with Gasteiger partial charge >= 0.3 is 0 Å². The molecule has 0 unspecified atom stereocenters. The highest BCUT2D eigenvalue weighted by Gasteiger charge is 2.24. The molecule has 0 saturated heterocycles. The van der Waals surface area contributed by atoms with Crippen LogP contribution < -0.4 is 4.90 Å². The zero-order valence-electron chi connectivity index (χ0n) is 34.4. The summed E-state index contributed by atoms with van der Waals surface area (Å²) >= 11 is 1.88. The summed E-state index contributed by atoms with van der Waals surface area (Å²) in [6, 6.07) is 88.4. The number of nitrogens with zero attached hydrogens (tertiary/aromatic N) is 2. The number of thiophene rings is 1. The third kappa shape index (κ3) is 6.33. The van der Waals surface area contributed by atoms with Crippen molar-refractivity contribution in [3.8, 4) is 50.2 Å². The van der Waals surface area contributed by atoms with Crippen LogP contribution in [-0.4, -0.2) is 4.57 Å². The number of fused-ring (bicyclic) bond motifs is 6. The molecule has 0 atom stereocenters. The molecule has 0 spiro atoms. The molecular formula is C60H40N2S. The molecule has 12 rings (SSSR count). The first-order valence-electron chi connectivity index (χ1n) is 21.5. The highest BCUT2D eigenvalue weighted by molar-refractivity contribution is 7.26. The van der Waals surface area contributed by atoms with Crippen molar-refractivity contribution in [3.63, 3.8) is 0 Å². The van der Waals surface area contributed by atoms with Gasteiger partial charge in [-0.3, -0.25) is 0 Å². The number of anilines is 3. The Bertz CT molecular complexity index is 3600. The molecule has 3 heteroatoms. The predicted octanol–water partition coefficient (Wildman–Crippen LogP) is 17.3. The van der Waals surface area contributed by atoms with Crippen LogP contribution in [0.25, 0.3) is 92.2 Å². The average Bonchev–Trinajstić information content (AvgIpc) is 3.92. The summed E-state index contributed by atoms with van der Waals surface area (Å²) < 4.78 is 5.09. The zero-order valence-corrected chi connectivity index (χ0v) is 35.2. The first-order chi connectivity index (χ1) is 31.3. The summed E-state index contributed by atoms with van der Waals surface area (Å²) in [7, 11) is 0. The van der Waals surface area contributed by atoms with E-state index < -0.39 is 0 Å². The molecule has 63 heavy (non-hydrogen) atoms. The summed E-state index contributed by atoms with van der Waals surface area (Å²) in [5.74, 6) is 0.